The molecule has 2 N–H and O–H groups in total. The number of hydrogen-bond acceptors (Lipinski definition) is 6. The Morgan fingerprint density at radius 3 is 2.16 bits per heavy atom. The quantitative estimate of drug-likeness (QED) is 0.0971. The number of rotatable bonds is 9. The summed E-state index contributed by atoms with van der Waals surface area (Å²) in [6.45, 7) is 24.2. The van der Waals surface area contributed by atoms with Crippen molar-refractivity contribution in [2.75, 3.05) is 0 Å². The van der Waals surface area contributed by atoms with Crippen LogP contribution in [0.1, 0.15) is 97.9 Å². The first-order valence-corrected chi connectivity index (χ1v) is 15.5. The first-order valence-electron chi connectivity index (χ1n) is 15.5. The summed E-state index contributed by atoms with van der Waals surface area (Å²) in [6, 6.07) is 3.77. The number of allylic oxidation sites excluding steroid dienone is 6. The number of ketones is 3. The molecule has 1 aromatic carbocycles. The van der Waals surface area contributed by atoms with E-state index in [1.54, 1.807) is 0 Å². The highest BCUT2D eigenvalue weighted by Gasteiger charge is 2.74. The summed E-state index contributed by atoms with van der Waals surface area (Å²) in [5, 5.41) is 20.2. The van der Waals surface area contributed by atoms with Crippen molar-refractivity contribution in [3.05, 3.63) is 82.7 Å². The zero-order chi connectivity index (χ0) is 32.9. The molecule has 3 aliphatic rings. The van der Waals surface area contributed by atoms with E-state index in [1.165, 1.54) is 12.1 Å². The van der Waals surface area contributed by atoms with Crippen LogP contribution >= 0.6 is 0 Å². The fourth-order valence-corrected chi connectivity index (χ4v) is 7.74. The van der Waals surface area contributed by atoms with E-state index >= 15 is 9.59 Å². The molecule has 1 aromatic rings. The van der Waals surface area contributed by atoms with Gasteiger partial charge in [-0.15, -0.1) is 6.58 Å². The van der Waals surface area contributed by atoms with E-state index in [4.69, 9.17) is 4.74 Å². The van der Waals surface area contributed by atoms with Crippen LogP contribution in [0.15, 0.2) is 77.1 Å². The van der Waals surface area contributed by atoms with Crippen LogP contribution < -0.4 is 0 Å². The van der Waals surface area contributed by atoms with Gasteiger partial charge < -0.3 is 14.9 Å². The monoisotopic (exact) mass is 600 g/mol. The molecule has 1 saturated carbocycles. The molecule has 0 unspecified atom stereocenters. The lowest BCUT2D eigenvalue weighted by Crippen LogP contribution is -2.68. The number of phenolic OH excluding ortho intramolecular Hbond substituents is 2. The molecule has 0 aromatic heterocycles. The number of benzene rings is 1. The van der Waals surface area contributed by atoms with Gasteiger partial charge >= 0.3 is 0 Å². The van der Waals surface area contributed by atoms with Gasteiger partial charge in [-0.25, -0.2) is 0 Å². The van der Waals surface area contributed by atoms with Gasteiger partial charge in [0.1, 0.15) is 22.9 Å². The molecule has 4 rings (SSSR count). The number of Topliss-reactive ketones (excluding diaryl/α,β-unsaturated/α-hetero) is 3. The molecule has 0 radical (unpaired) electrons. The highest BCUT2D eigenvalue weighted by Crippen LogP contribution is 2.69. The van der Waals surface area contributed by atoms with Gasteiger partial charge in [-0.1, -0.05) is 54.9 Å². The Morgan fingerprint density at radius 2 is 1.61 bits per heavy atom. The third-order valence-electron chi connectivity index (χ3n) is 10.4. The zero-order valence-electron chi connectivity index (χ0n) is 27.6. The Morgan fingerprint density at radius 1 is 0.977 bits per heavy atom. The van der Waals surface area contributed by atoms with Gasteiger partial charge in [0.15, 0.2) is 28.8 Å². The van der Waals surface area contributed by atoms with Crippen LogP contribution in [-0.2, 0) is 14.3 Å². The minimum Gasteiger partial charge on any atom is -0.504 e. The van der Waals surface area contributed by atoms with E-state index in [9.17, 15) is 15.0 Å². The van der Waals surface area contributed by atoms with Gasteiger partial charge in [-0.2, -0.15) is 0 Å². The highest BCUT2D eigenvalue weighted by molar-refractivity contribution is 6.35. The lowest BCUT2D eigenvalue weighted by Gasteiger charge is -2.63. The molecule has 1 spiro atoms. The molecule has 2 aliphatic carbocycles. The summed E-state index contributed by atoms with van der Waals surface area (Å²) in [5.74, 6) is -2.26. The maximum absolute atomic E-state index is 15.3. The Balaban J connectivity index is 2.11. The topological polar surface area (TPSA) is 101 Å². The largest absolute Gasteiger partial charge is 0.504 e. The van der Waals surface area contributed by atoms with Crippen molar-refractivity contribution in [1.82, 2.24) is 0 Å². The van der Waals surface area contributed by atoms with E-state index in [0.29, 0.717) is 25.7 Å². The Kier molecular flexibility index (Phi) is 8.82. The molecule has 1 heterocycles. The minimum absolute atomic E-state index is 0.0389. The first-order chi connectivity index (χ1) is 20.4. The van der Waals surface area contributed by atoms with Crippen LogP contribution in [0.2, 0.25) is 0 Å². The molecule has 1 saturated heterocycles. The minimum atomic E-state index is -1.51. The van der Waals surface area contributed by atoms with Crippen molar-refractivity contribution in [3.8, 4) is 11.5 Å². The first kappa shape index (κ1) is 33.2. The SMILES string of the molecule is C=C(C)C[C@@H]1OC2=C(C(=O)c3ccc(O)c(O)c3)C(=O)[C@]3(CC=C(C)C)C(=O)[C@]2(C[C@H](CC=C(C)C)C3(C)C)C[C@H]1C(=C)C. The second-order valence-electron chi connectivity index (χ2n) is 14.5. The lowest BCUT2D eigenvalue weighted by atomic mass is 9.39. The fraction of sp³-hybridized carbons (Fsp3) is 0.500. The third kappa shape index (κ3) is 5.20. The average Bonchev–Trinajstić information content (AvgIpc) is 2.91. The normalized spacial score (nSPS) is 28.9. The predicted octanol–water partition coefficient (Wildman–Crippen LogP) is 8.37. The Labute approximate surface area is 262 Å². The van der Waals surface area contributed by atoms with Crippen molar-refractivity contribution in [3.63, 3.8) is 0 Å². The summed E-state index contributed by atoms with van der Waals surface area (Å²) >= 11 is 0. The van der Waals surface area contributed by atoms with Crippen LogP contribution in [0.5, 0.6) is 11.5 Å². The number of aromatic hydroxyl groups is 2. The van der Waals surface area contributed by atoms with Gasteiger partial charge in [0.2, 0.25) is 0 Å². The fourth-order valence-electron chi connectivity index (χ4n) is 7.74. The van der Waals surface area contributed by atoms with Crippen LogP contribution in [0.25, 0.3) is 0 Å². The molecule has 0 amide bonds. The molecule has 236 valence electrons. The standard InChI is InChI=1S/C38H48O6/c1-21(2)11-13-26-19-37-20-27(24(7)8)30(17-23(5)6)44-34(37)31(32(41)25-12-14-28(39)29(40)18-25)33(42)38(35(37)43,36(26,9)10)16-15-22(3)4/h11-12,14-15,18,26-27,30,39-40H,5,7,13,16-17,19-20H2,1-4,6,8-10H3/t26-,27-,30-,37+,38+/m0/s1. The zero-order valence-corrected chi connectivity index (χ0v) is 27.6. The number of phenols is 2. The van der Waals surface area contributed by atoms with Crippen LogP contribution in [0.3, 0.4) is 0 Å². The van der Waals surface area contributed by atoms with E-state index in [-0.39, 0.29) is 46.7 Å². The van der Waals surface area contributed by atoms with Gasteiger partial charge in [-0.3, -0.25) is 14.4 Å². The maximum atomic E-state index is 15.3. The number of ether oxygens (including phenoxy) is 1. The third-order valence-corrected chi connectivity index (χ3v) is 10.4. The average molecular weight is 601 g/mol. The van der Waals surface area contributed by atoms with E-state index in [0.717, 1.165) is 28.4 Å². The van der Waals surface area contributed by atoms with Gasteiger partial charge in [0, 0.05) is 17.9 Å². The van der Waals surface area contributed by atoms with E-state index < -0.39 is 39.7 Å². The van der Waals surface area contributed by atoms with Crippen LogP contribution in [0, 0.1) is 28.1 Å². The van der Waals surface area contributed by atoms with E-state index in [2.05, 4.69) is 19.2 Å². The summed E-state index contributed by atoms with van der Waals surface area (Å²) < 4.78 is 6.77. The van der Waals surface area contributed by atoms with Crippen molar-refractivity contribution < 1.29 is 29.3 Å². The summed E-state index contributed by atoms with van der Waals surface area (Å²) in [7, 11) is 0. The summed E-state index contributed by atoms with van der Waals surface area (Å²) in [6.07, 6.45) is 5.83. The second-order valence-corrected chi connectivity index (χ2v) is 14.5. The maximum Gasteiger partial charge on any atom is 0.200 e. The number of hydrogen-bond donors (Lipinski definition) is 2. The molecule has 5 atom stereocenters. The smallest absolute Gasteiger partial charge is 0.200 e. The van der Waals surface area contributed by atoms with Crippen molar-refractivity contribution in [2.45, 2.75) is 93.6 Å². The highest BCUT2D eigenvalue weighted by atomic mass is 16.5. The summed E-state index contributed by atoms with van der Waals surface area (Å²) in [5.41, 5.74) is 0.283. The Hall–Kier alpha value is -3.67. The lowest BCUT2D eigenvalue weighted by molar-refractivity contribution is -0.180. The number of carbonyl (C=O) groups is 3. The molecule has 2 bridgehead atoms. The van der Waals surface area contributed by atoms with Crippen molar-refractivity contribution in [2.24, 2.45) is 28.1 Å². The van der Waals surface area contributed by atoms with Crippen LogP contribution in [-0.4, -0.2) is 33.7 Å². The van der Waals surface area contributed by atoms with Crippen molar-refractivity contribution in [1.29, 1.82) is 0 Å². The van der Waals surface area contributed by atoms with Gasteiger partial charge in [-0.05, 0) is 96.8 Å². The van der Waals surface area contributed by atoms with Gasteiger partial charge in [0.05, 0.1) is 5.41 Å². The molecule has 2 fully saturated rings. The second kappa shape index (κ2) is 11.7. The molecule has 6 nitrogen and oxygen atoms in total. The van der Waals surface area contributed by atoms with Crippen molar-refractivity contribution >= 4 is 17.3 Å². The van der Waals surface area contributed by atoms with Crippen LogP contribution in [0.4, 0.5) is 0 Å². The molecule has 1 aliphatic heterocycles. The molecular weight excluding hydrogens is 552 g/mol. The van der Waals surface area contributed by atoms with Gasteiger partial charge in [0.25, 0.3) is 0 Å². The van der Waals surface area contributed by atoms with E-state index in [1.807, 2.05) is 61.5 Å². The molecular formula is C38H48O6. The molecule has 6 heteroatoms. The number of fused-ring (bicyclic) bond motifs is 1. The Bertz CT molecular complexity index is 1530. The summed E-state index contributed by atoms with van der Waals surface area (Å²) in [4.78, 5) is 44.9. The predicted molar refractivity (Wildman–Crippen MR) is 173 cm³/mol. The number of carbonyl (C=O) groups excluding carboxylic acids is 3. The molecule has 44 heavy (non-hydrogen) atoms.